The zero-order valence-electron chi connectivity index (χ0n) is 11.9. The van der Waals surface area contributed by atoms with Crippen molar-refractivity contribution in [2.75, 3.05) is 0 Å². The molecule has 0 fully saturated rings. The Kier molecular flexibility index (Phi) is 4.88. The van der Waals surface area contributed by atoms with E-state index in [2.05, 4.69) is 5.43 Å². The van der Waals surface area contributed by atoms with Crippen LogP contribution in [-0.2, 0) is 0 Å². The smallest absolute Gasteiger partial charge is 0.163 e. The predicted octanol–water partition coefficient (Wildman–Crippen LogP) is 3.30. The van der Waals surface area contributed by atoms with Gasteiger partial charge in [0.15, 0.2) is 11.6 Å². The highest BCUT2D eigenvalue weighted by molar-refractivity contribution is 5.37. The Morgan fingerprint density at radius 2 is 1.81 bits per heavy atom. The number of hydrazine groups is 1. The second-order valence-corrected chi connectivity index (χ2v) is 4.98. The fourth-order valence-corrected chi connectivity index (χ4v) is 2.15. The van der Waals surface area contributed by atoms with E-state index in [1.54, 1.807) is 24.3 Å². The minimum absolute atomic E-state index is 0.0236. The van der Waals surface area contributed by atoms with Gasteiger partial charge in [-0.05, 0) is 37.6 Å². The van der Waals surface area contributed by atoms with Crippen LogP contribution in [0.5, 0.6) is 5.75 Å². The quantitative estimate of drug-likeness (QED) is 0.656. The lowest BCUT2D eigenvalue weighted by molar-refractivity contribution is 0.242. The summed E-state index contributed by atoms with van der Waals surface area (Å²) in [6.45, 7) is 3.83. The minimum atomic E-state index is -0.907. The lowest BCUT2D eigenvalue weighted by Gasteiger charge is -2.19. The van der Waals surface area contributed by atoms with Crippen molar-refractivity contribution in [2.24, 2.45) is 5.84 Å². The van der Waals surface area contributed by atoms with Crippen molar-refractivity contribution in [3.05, 3.63) is 65.2 Å². The standard InChI is InChI=1S/C16H18F2N2O/c1-10(2)21-12-6-3-5-11(9-12)16(20-19)13-7-4-8-14(17)15(13)18/h3-10,16,20H,19H2,1-2H3. The van der Waals surface area contributed by atoms with Crippen LogP contribution in [0.25, 0.3) is 0 Å². The van der Waals surface area contributed by atoms with Crippen molar-refractivity contribution in [3.63, 3.8) is 0 Å². The molecule has 0 radical (unpaired) electrons. The molecule has 0 aliphatic rings. The van der Waals surface area contributed by atoms with Crippen LogP contribution in [-0.4, -0.2) is 6.10 Å². The second-order valence-electron chi connectivity index (χ2n) is 4.98. The van der Waals surface area contributed by atoms with E-state index in [9.17, 15) is 8.78 Å². The molecule has 0 saturated carbocycles. The third-order valence-electron chi connectivity index (χ3n) is 3.02. The number of nitrogens with two attached hydrogens (primary N) is 1. The van der Waals surface area contributed by atoms with Crippen LogP contribution >= 0.6 is 0 Å². The normalized spacial score (nSPS) is 12.5. The zero-order chi connectivity index (χ0) is 15.4. The van der Waals surface area contributed by atoms with Gasteiger partial charge in [-0.3, -0.25) is 5.84 Å². The second kappa shape index (κ2) is 6.65. The largest absolute Gasteiger partial charge is 0.491 e. The molecule has 112 valence electrons. The summed E-state index contributed by atoms with van der Waals surface area (Å²) in [5.41, 5.74) is 3.37. The molecule has 0 aliphatic carbocycles. The van der Waals surface area contributed by atoms with E-state index in [0.29, 0.717) is 11.3 Å². The van der Waals surface area contributed by atoms with Crippen LogP contribution in [0.15, 0.2) is 42.5 Å². The number of nitrogens with one attached hydrogen (secondary N) is 1. The van der Waals surface area contributed by atoms with E-state index in [4.69, 9.17) is 10.6 Å². The highest BCUT2D eigenvalue weighted by Gasteiger charge is 2.19. The molecule has 5 heteroatoms. The Morgan fingerprint density at radius 3 is 2.48 bits per heavy atom. The van der Waals surface area contributed by atoms with Crippen LogP contribution in [0.2, 0.25) is 0 Å². The van der Waals surface area contributed by atoms with E-state index in [1.807, 2.05) is 13.8 Å². The fraction of sp³-hybridized carbons (Fsp3) is 0.250. The van der Waals surface area contributed by atoms with E-state index >= 15 is 0 Å². The van der Waals surface area contributed by atoms with E-state index < -0.39 is 17.7 Å². The van der Waals surface area contributed by atoms with Gasteiger partial charge in [-0.1, -0.05) is 24.3 Å². The predicted molar refractivity (Wildman–Crippen MR) is 77.7 cm³/mol. The summed E-state index contributed by atoms with van der Waals surface area (Å²) in [6, 6.07) is 10.5. The number of hydrogen-bond acceptors (Lipinski definition) is 3. The third kappa shape index (κ3) is 3.56. The van der Waals surface area contributed by atoms with Gasteiger partial charge in [-0.2, -0.15) is 0 Å². The maximum atomic E-state index is 13.9. The summed E-state index contributed by atoms with van der Waals surface area (Å²) < 4.78 is 32.9. The first-order valence-corrected chi connectivity index (χ1v) is 6.69. The first kappa shape index (κ1) is 15.4. The van der Waals surface area contributed by atoms with Gasteiger partial charge in [-0.25, -0.2) is 14.2 Å². The van der Waals surface area contributed by atoms with E-state index in [0.717, 1.165) is 6.07 Å². The molecule has 0 aliphatic heterocycles. The molecular weight excluding hydrogens is 274 g/mol. The Bertz CT molecular complexity index is 617. The van der Waals surface area contributed by atoms with Crippen molar-refractivity contribution in [1.29, 1.82) is 0 Å². The van der Waals surface area contributed by atoms with Crippen molar-refractivity contribution in [2.45, 2.75) is 26.0 Å². The van der Waals surface area contributed by atoms with Gasteiger partial charge in [0, 0.05) is 5.56 Å². The van der Waals surface area contributed by atoms with E-state index in [-0.39, 0.29) is 11.7 Å². The van der Waals surface area contributed by atoms with Gasteiger partial charge in [-0.15, -0.1) is 0 Å². The number of rotatable bonds is 5. The third-order valence-corrected chi connectivity index (χ3v) is 3.02. The van der Waals surface area contributed by atoms with Crippen molar-refractivity contribution < 1.29 is 13.5 Å². The molecule has 0 saturated heterocycles. The molecule has 1 atom stereocenters. The molecule has 2 rings (SSSR count). The summed E-state index contributed by atoms with van der Waals surface area (Å²) in [5, 5.41) is 0. The minimum Gasteiger partial charge on any atom is -0.491 e. The number of ether oxygens (including phenoxy) is 1. The zero-order valence-corrected chi connectivity index (χ0v) is 11.9. The Labute approximate surface area is 122 Å². The molecule has 21 heavy (non-hydrogen) atoms. The maximum absolute atomic E-state index is 13.9. The molecule has 3 nitrogen and oxygen atoms in total. The molecule has 0 heterocycles. The molecule has 2 aromatic rings. The summed E-state index contributed by atoms with van der Waals surface area (Å²) in [5.74, 6) is 4.37. The maximum Gasteiger partial charge on any atom is 0.163 e. The molecule has 1 unspecified atom stereocenters. The average molecular weight is 292 g/mol. The van der Waals surface area contributed by atoms with Crippen molar-refractivity contribution in [3.8, 4) is 5.75 Å². The van der Waals surface area contributed by atoms with E-state index in [1.165, 1.54) is 12.1 Å². The average Bonchev–Trinajstić information content (AvgIpc) is 2.44. The van der Waals surface area contributed by atoms with Crippen LogP contribution in [0.1, 0.15) is 31.0 Å². The van der Waals surface area contributed by atoms with Gasteiger partial charge >= 0.3 is 0 Å². The van der Waals surface area contributed by atoms with Crippen LogP contribution in [0.4, 0.5) is 8.78 Å². The van der Waals surface area contributed by atoms with Gasteiger partial charge in [0.1, 0.15) is 5.75 Å². The Balaban J connectivity index is 2.39. The molecular formula is C16H18F2N2O. The first-order chi connectivity index (χ1) is 10.0. The first-order valence-electron chi connectivity index (χ1n) is 6.69. The molecule has 0 spiro atoms. The van der Waals surface area contributed by atoms with Gasteiger partial charge < -0.3 is 4.74 Å². The van der Waals surface area contributed by atoms with Gasteiger partial charge in [0.05, 0.1) is 12.1 Å². The monoisotopic (exact) mass is 292 g/mol. The fourth-order valence-electron chi connectivity index (χ4n) is 2.15. The highest BCUT2D eigenvalue weighted by Crippen LogP contribution is 2.27. The molecule has 0 amide bonds. The van der Waals surface area contributed by atoms with Crippen LogP contribution in [0, 0.1) is 11.6 Å². The lowest BCUT2D eigenvalue weighted by Crippen LogP contribution is -2.29. The van der Waals surface area contributed by atoms with Gasteiger partial charge in [0.2, 0.25) is 0 Å². The molecule has 3 N–H and O–H groups in total. The molecule has 0 aromatic heterocycles. The number of halogens is 2. The topological polar surface area (TPSA) is 47.3 Å². The highest BCUT2D eigenvalue weighted by atomic mass is 19.2. The molecule has 2 aromatic carbocycles. The van der Waals surface area contributed by atoms with Crippen molar-refractivity contribution in [1.82, 2.24) is 5.43 Å². The van der Waals surface area contributed by atoms with Gasteiger partial charge in [0.25, 0.3) is 0 Å². The lowest BCUT2D eigenvalue weighted by atomic mass is 9.98. The SMILES string of the molecule is CC(C)Oc1cccc(C(NN)c2cccc(F)c2F)c1. The molecule has 0 bridgehead atoms. The summed E-state index contributed by atoms with van der Waals surface area (Å²) >= 11 is 0. The number of benzene rings is 2. The Hall–Kier alpha value is -1.98. The van der Waals surface area contributed by atoms with Crippen LogP contribution < -0.4 is 16.0 Å². The summed E-state index contributed by atoms with van der Waals surface area (Å²) in [6.07, 6.45) is 0.0236. The number of hydrogen-bond donors (Lipinski definition) is 2. The van der Waals surface area contributed by atoms with Crippen molar-refractivity contribution >= 4 is 0 Å². The summed E-state index contributed by atoms with van der Waals surface area (Å²) in [4.78, 5) is 0. The Morgan fingerprint density at radius 1 is 1.10 bits per heavy atom. The van der Waals surface area contributed by atoms with Crippen LogP contribution in [0.3, 0.4) is 0 Å². The summed E-state index contributed by atoms with van der Waals surface area (Å²) in [7, 11) is 0.